The topological polar surface area (TPSA) is 49.6 Å². The molecule has 0 aliphatic carbocycles. The summed E-state index contributed by atoms with van der Waals surface area (Å²) < 4.78 is 0. The molecular weight excluding hydrogens is 250 g/mol. The van der Waals surface area contributed by atoms with Gasteiger partial charge in [-0.05, 0) is 57.1 Å². The number of carbonyl (C=O) groups is 1. The molecule has 0 spiro atoms. The van der Waals surface area contributed by atoms with E-state index in [2.05, 4.69) is 18.9 Å². The predicted octanol–water partition coefficient (Wildman–Crippen LogP) is 2.13. The van der Waals surface area contributed by atoms with Crippen molar-refractivity contribution in [3.63, 3.8) is 0 Å². The normalized spacial score (nSPS) is 20.8. The average molecular weight is 275 g/mol. The molecule has 2 rings (SSSR count). The summed E-state index contributed by atoms with van der Waals surface area (Å²) in [6.07, 6.45) is 2.01. The largest absolute Gasteiger partial charge is 0.399 e. The third-order valence-corrected chi connectivity index (χ3v) is 3.98. The van der Waals surface area contributed by atoms with Crippen LogP contribution in [0.4, 0.5) is 5.69 Å². The number of nitrogens with zero attached hydrogens (tertiary/aromatic N) is 2. The van der Waals surface area contributed by atoms with E-state index < -0.39 is 0 Å². The fourth-order valence-electron chi connectivity index (χ4n) is 2.96. The Bertz CT molecular complexity index is 466. The van der Waals surface area contributed by atoms with Crippen LogP contribution < -0.4 is 5.73 Å². The Morgan fingerprint density at radius 2 is 2.10 bits per heavy atom. The lowest BCUT2D eigenvalue weighted by Crippen LogP contribution is -2.43. The van der Waals surface area contributed by atoms with Crippen molar-refractivity contribution in [2.45, 2.75) is 32.7 Å². The highest BCUT2D eigenvalue weighted by atomic mass is 16.2. The zero-order valence-electron chi connectivity index (χ0n) is 12.7. The van der Waals surface area contributed by atoms with Crippen LogP contribution in [0.3, 0.4) is 0 Å². The Kier molecular flexibility index (Phi) is 4.65. The van der Waals surface area contributed by atoms with Crippen molar-refractivity contribution >= 4 is 11.6 Å². The fourth-order valence-corrected chi connectivity index (χ4v) is 2.96. The molecule has 1 atom stereocenters. The highest BCUT2D eigenvalue weighted by Crippen LogP contribution is 2.18. The molecule has 1 unspecified atom stereocenters. The molecule has 4 heteroatoms. The van der Waals surface area contributed by atoms with Crippen LogP contribution in [0.5, 0.6) is 0 Å². The van der Waals surface area contributed by atoms with E-state index in [0.717, 1.165) is 38.0 Å². The Balaban J connectivity index is 2.25. The third-order valence-electron chi connectivity index (χ3n) is 3.98. The van der Waals surface area contributed by atoms with Crippen molar-refractivity contribution in [2.75, 3.05) is 32.4 Å². The lowest BCUT2D eigenvalue weighted by molar-refractivity contribution is 0.0675. The maximum atomic E-state index is 12.8. The zero-order valence-corrected chi connectivity index (χ0v) is 12.7. The molecule has 1 saturated heterocycles. The maximum absolute atomic E-state index is 12.8. The van der Waals surface area contributed by atoms with Gasteiger partial charge in [-0.1, -0.05) is 6.92 Å². The van der Waals surface area contributed by atoms with Crippen molar-refractivity contribution in [1.29, 1.82) is 0 Å². The molecule has 1 aromatic rings. The number of benzene rings is 1. The molecule has 0 aromatic heterocycles. The molecular formula is C16H25N3O. The molecule has 4 nitrogen and oxygen atoms in total. The minimum atomic E-state index is 0.113. The second-order valence-electron chi connectivity index (χ2n) is 5.81. The molecule has 20 heavy (non-hydrogen) atoms. The van der Waals surface area contributed by atoms with Gasteiger partial charge in [0, 0.05) is 30.4 Å². The Labute approximate surface area is 121 Å². The second kappa shape index (κ2) is 6.27. The highest BCUT2D eigenvalue weighted by Gasteiger charge is 2.26. The van der Waals surface area contributed by atoms with Crippen LogP contribution in [-0.4, -0.2) is 48.4 Å². The standard InChI is InChI=1S/C16H25N3O/c1-4-15-11-18(3)6-5-7-19(15)16(20)13-8-12(2)9-14(17)10-13/h8-10,15H,4-7,11,17H2,1-3H3. The van der Waals surface area contributed by atoms with Gasteiger partial charge in [0.2, 0.25) is 0 Å². The van der Waals surface area contributed by atoms with Crippen molar-refractivity contribution in [3.05, 3.63) is 29.3 Å². The predicted molar refractivity (Wildman–Crippen MR) is 82.8 cm³/mol. The minimum absolute atomic E-state index is 0.113. The maximum Gasteiger partial charge on any atom is 0.254 e. The second-order valence-corrected chi connectivity index (χ2v) is 5.81. The zero-order chi connectivity index (χ0) is 14.7. The van der Waals surface area contributed by atoms with E-state index in [0.29, 0.717) is 11.3 Å². The van der Waals surface area contributed by atoms with Gasteiger partial charge in [-0.3, -0.25) is 4.79 Å². The van der Waals surface area contributed by atoms with Crippen LogP contribution >= 0.6 is 0 Å². The van der Waals surface area contributed by atoms with E-state index >= 15 is 0 Å². The van der Waals surface area contributed by atoms with Gasteiger partial charge in [0.1, 0.15) is 0 Å². The van der Waals surface area contributed by atoms with E-state index in [1.807, 2.05) is 24.0 Å². The van der Waals surface area contributed by atoms with Gasteiger partial charge in [0.05, 0.1) is 0 Å². The van der Waals surface area contributed by atoms with Gasteiger partial charge in [0.25, 0.3) is 5.91 Å². The monoisotopic (exact) mass is 275 g/mol. The highest BCUT2D eigenvalue weighted by molar-refractivity contribution is 5.95. The number of likely N-dealkylation sites (N-methyl/N-ethyl adjacent to an activating group) is 1. The lowest BCUT2D eigenvalue weighted by Gasteiger charge is -2.30. The molecule has 0 bridgehead atoms. The van der Waals surface area contributed by atoms with E-state index in [4.69, 9.17) is 5.73 Å². The van der Waals surface area contributed by atoms with Crippen LogP contribution in [0.25, 0.3) is 0 Å². The summed E-state index contributed by atoms with van der Waals surface area (Å²) in [6, 6.07) is 5.90. The van der Waals surface area contributed by atoms with Crippen LogP contribution in [0, 0.1) is 6.92 Å². The molecule has 1 amide bonds. The number of anilines is 1. The number of hydrogen-bond acceptors (Lipinski definition) is 3. The van der Waals surface area contributed by atoms with Crippen molar-refractivity contribution < 1.29 is 4.79 Å². The van der Waals surface area contributed by atoms with Crippen LogP contribution in [0.2, 0.25) is 0 Å². The SMILES string of the molecule is CCC1CN(C)CCCN1C(=O)c1cc(C)cc(N)c1. The minimum Gasteiger partial charge on any atom is -0.399 e. The summed E-state index contributed by atoms with van der Waals surface area (Å²) in [5.41, 5.74) is 8.28. The third kappa shape index (κ3) is 3.31. The van der Waals surface area contributed by atoms with Gasteiger partial charge in [-0.15, -0.1) is 0 Å². The summed E-state index contributed by atoms with van der Waals surface area (Å²) in [6.45, 7) is 6.95. The average Bonchev–Trinajstić information content (AvgIpc) is 2.58. The number of rotatable bonds is 2. The fraction of sp³-hybridized carbons (Fsp3) is 0.562. The first-order valence-electron chi connectivity index (χ1n) is 7.38. The number of nitrogens with two attached hydrogens (primary N) is 1. The summed E-state index contributed by atoms with van der Waals surface area (Å²) in [5, 5.41) is 0. The van der Waals surface area contributed by atoms with Gasteiger partial charge >= 0.3 is 0 Å². The van der Waals surface area contributed by atoms with E-state index in [1.54, 1.807) is 6.07 Å². The Morgan fingerprint density at radius 3 is 2.75 bits per heavy atom. The summed E-state index contributed by atoms with van der Waals surface area (Å²) in [4.78, 5) is 17.1. The summed E-state index contributed by atoms with van der Waals surface area (Å²) in [7, 11) is 2.13. The van der Waals surface area contributed by atoms with Crippen LogP contribution in [-0.2, 0) is 0 Å². The molecule has 1 heterocycles. The lowest BCUT2D eigenvalue weighted by atomic mass is 10.1. The molecule has 1 fully saturated rings. The van der Waals surface area contributed by atoms with Crippen molar-refractivity contribution in [1.82, 2.24) is 9.80 Å². The first-order chi connectivity index (χ1) is 9.51. The van der Waals surface area contributed by atoms with Crippen LogP contribution in [0.1, 0.15) is 35.7 Å². The van der Waals surface area contributed by atoms with Crippen LogP contribution in [0.15, 0.2) is 18.2 Å². The summed E-state index contributed by atoms with van der Waals surface area (Å²) in [5.74, 6) is 0.113. The quantitative estimate of drug-likeness (QED) is 0.841. The molecule has 1 aliphatic heterocycles. The van der Waals surface area contributed by atoms with E-state index in [-0.39, 0.29) is 11.9 Å². The van der Waals surface area contributed by atoms with Crippen molar-refractivity contribution in [3.8, 4) is 0 Å². The number of hydrogen-bond donors (Lipinski definition) is 1. The smallest absolute Gasteiger partial charge is 0.254 e. The molecule has 1 aliphatic rings. The molecule has 0 saturated carbocycles. The number of amides is 1. The molecule has 1 aromatic carbocycles. The molecule has 0 radical (unpaired) electrons. The summed E-state index contributed by atoms with van der Waals surface area (Å²) >= 11 is 0. The van der Waals surface area contributed by atoms with E-state index in [9.17, 15) is 4.79 Å². The number of nitrogen functional groups attached to an aromatic ring is 1. The Morgan fingerprint density at radius 1 is 1.35 bits per heavy atom. The van der Waals surface area contributed by atoms with Gasteiger partial charge in [-0.25, -0.2) is 0 Å². The van der Waals surface area contributed by atoms with Gasteiger partial charge < -0.3 is 15.5 Å². The molecule has 2 N–H and O–H groups in total. The number of aryl methyl sites for hydroxylation is 1. The Hall–Kier alpha value is -1.55. The van der Waals surface area contributed by atoms with E-state index in [1.165, 1.54) is 0 Å². The van der Waals surface area contributed by atoms with Crippen molar-refractivity contribution in [2.24, 2.45) is 0 Å². The first kappa shape index (κ1) is 14.9. The molecule has 110 valence electrons. The van der Waals surface area contributed by atoms with Gasteiger partial charge in [-0.2, -0.15) is 0 Å². The number of carbonyl (C=O) groups excluding carboxylic acids is 1. The first-order valence-corrected chi connectivity index (χ1v) is 7.38. The van der Waals surface area contributed by atoms with Gasteiger partial charge in [0.15, 0.2) is 0 Å².